The molecule has 0 aliphatic carbocycles. The van der Waals surface area contributed by atoms with E-state index in [1.54, 1.807) is 7.11 Å². The summed E-state index contributed by atoms with van der Waals surface area (Å²) in [5.41, 5.74) is 0.719. The van der Waals surface area contributed by atoms with Crippen LogP contribution in [0.2, 0.25) is 0 Å². The second kappa shape index (κ2) is 5.27. The van der Waals surface area contributed by atoms with Crippen molar-refractivity contribution in [2.45, 2.75) is 25.6 Å². The molecule has 88 valence electrons. The smallest absolute Gasteiger partial charge is 0.128 e. The molecule has 4 heteroatoms. The van der Waals surface area contributed by atoms with Crippen LogP contribution in [0.3, 0.4) is 0 Å². The number of ether oxygens (including phenoxy) is 1. The molecule has 0 amide bonds. The number of rotatable bonds is 3. The molecule has 2 heterocycles. The highest BCUT2D eigenvalue weighted by atomic mass is 16.5. The van der Waals surface area contributed by atoms with E-state index in [0.29, 0.717) is 6.10 Å². The molecule has 2 rings (SSSR count). The van der Waals surface area contributed by atoms with E-state index in [1.165, 1.54) is 0 Å². The normalized spacial score (nSPS) is 21.1. The quantitative estimate of drug-likeness (QED) is 0.834. The molecule has 1 aromatic heterocycles. The van der Waals surface area contributed by atoms with E-state index in [4.69, 9.17) is 9.84 Å². The van der Waals surface area contributed by atoms with Crippen LogP contribution in [-0.2, 0) is 11.3 Å². The molecule has 1 aromatic rings. The molecule has 4 nitrogen and oxygen atoms in total. The molecular formula is C12H18N2O2. The van der Waals surface area contributed by atoms with Crippen LogP contribution in [0.5, 0.6) is 0 Å². The first-order valence-electron chi connectivity index (χ1n) is 5.68. The molecule has 1 saturated heterocycles. The predicted octanol–water partition coefficient (Wildman–Crippen LogP) is 1.19. The minimum Gasteiger partial charge on any atom is -0.390 e. The number of hydrogen-bond donors (Lipinski definition) is 1. The van der Waals surface area contributed by atoms with Crippen molar-refractivity contribution in [2.24, 2.45) is 0 Å². The highest BCUT2D eigenvalue weighted by molar-refractivity contribution is 5.39. The van der Waals surface area contributed by atoms with Gasteiger partial charge in [0, 0.05) is 20.2 Å². The molecule has 0 bridgehead atoms. The molecule has 0 radical (unpaired) electrons. The number of methoxy groups -OCH3 is 1. The third-order valence-corrected chi connectivity index (χ3v) is 2.99. The highest BCUT2D eigenvalue weighted by Crippen LogP contribution is 2.19. The second-order valence-corrected chi connectivity index (χ2v) is 4.09. The minimum atomic E-state index is -0.00458. The molecule has 0 saturated carbocycles. The third-order valence-electron chi connectivity index (χ3n) is 2.99. The van der Waals surface area contributed by atoms with Crippen LogP contribution >= 0.6 is 0 Å². The Morgan fingerprint density at radius 1 is 1.56 bits per heavy atom. The van der Waals surface area contributed by atoms with Crippen molar-refractivity contribution >= 4 is 5.82 Å². The standard InChI is InChI=1S/C12H18N2O2/c1-16-11-5-3-7-14(8-11)12-6-2-4-10(9-15)13-12/h2,4,6,11,15H,3,5,7-9H2,1H3. The van der Waals surface area contributed by atoms with E-state index >= 15 is 0 Å². The summed E-state index contributed by atoms with van der Waals surface area (Å²) in [7, 11) is 1.76. The summed E-state index contributed by atoms with van der Waals surface area (Å²) in [5, 5.41) is 9.05. The maximum Gasteiger partial charge on any atom is 0.128 e. The fourth-order valence-corrected chi connectivity index (χ4v) is 2.07. The Bertz CT molecular complexity index is 344. The van der Waals surface area contributed by atoms with E-state index < -0.39 is 0 Å². The zero-order valence-corrected chi connectivity index (χ0v) is 9.59. The fourth-order valence-electron chi connectivity index (χ4n) is 2.07. The summed E-state index contributed by atoms with van der Waals surface area (Å²) < 4.78 is 5.38. The van der Waals surface area contributed by atoms with Gasteiger partial charge in [-0.15, -0.1) is 0 Å². The summed E-state index contributed by atoms with van der Waals surface area (Å²) in [6, 6.07) is 5.75. The van der Waals surface area contributed by atoms with Crippen molar-refractivity contribution in [3.8, 4) is 0 Å². The fraction of sp³-hybridized carbons (Fsp3) is 0.583. The highest BCUT2D eigenvalue weighted by Gasteiger charge is 2.20. The lowest BCUT2D eigenvalue weighted by atomic mass is 10.1. The van der Waals surface area contributed by atoms with Crippen LogP contribution in [0.25, 0.3) is 0 Å². The van der Waals surface area contributed by atoms with Crippen molar-refractivity contribution in [1.29, 1.82) is 0 Å². The summed E-state index contributed by atoms with van der Waals surface area (Å²) in [5.74, 6) is 0.938. The van der Waals surface area contributed by atoms with E-state index in [-0.39, 0.29) is 6.61 Å². The Morgan fingerprint density at radius 3 is 3.19 bits per heavy atom. The number of piperidine rings is 1. The van der Waals surface area contributed by atoms with E-state index in [9.17, 15) is 0 Å². The maximum absolute atomic E-state index is 9.05. The lowest BCUT2D eigenvalue weighted by Gasteiger charge is -2.32. The van der Waals surface area contributed by atoms with E-state index in [2.05, 4.69) is 9.88 Å². The van der Waals surface area contributed by atoms with Gasteiger partial charge in [0.1, 0.15) is 5.82 Å². The van der Waals surface area contributed by atoms with Crippen molar-refractivity contribution in [3.63, 3.8) is 0 Å². The van der Waals surface area contributed by atoms with Gasteiger partial charge in [0.15, 0.2) is 0 Å². The van der Waals surface area contributed by atoms with Gasteiger partial charge in [-0.1, -0.05) is 6.07 Å². The van der Waals surface area contributed by atoms with Crippen LogP contribution in [-0.4, -0.2) is 36.4 Å². The van der Waals surface area contributed by atoms with Crippen LogP contribution in [0.4, 0.5) is 5.82 Å². The van der Waals surface area contributed by atoms with Crippen LogP contribution in [0.15, 0.2) is 18.2 Å². The second-order valence-electron chi connectivity index (χ2n) is 4.09. The van der Waals surface area contributed by atoms with Gasteiger partial charge in [0.25, 0.3) is 0 Å². The number of pyridine rings is 1. The molecule has 1 aliphatic rings. The Hall–Kier alpha value is -1.13. The molecule has 1 unspecified atom stereocenters. The predicted molar refractivity (Wildman–Crippen MR) is 62.4 cm³/mol. The van der Waals surface area contributed by atoms with Crippen molar-refractivity contribution in [1.82, 2.24) is 4.98 Å². The van der Waals surface area contributed by atoms with Gasteiger partial charge in [0.05, 0.1) is 18.4 Å². The average Bonchev–Trinajstić information content (AvgIpc) is 2.39. The van der Waals surface area contributed by atoms with Crippen LogP contribution < -0.4 is 4.90 Å². The van der Waals surface area contributed by atoms with Gasteiger partial charge in [-0.3, -0.25) is 0 Å². The molecule has 1 N–H and O–H groups in total. The monoisotopic (exact) mass is 222 g/mol. The topological polar surface area (TPSA) is 45.6 Å². The first-order valence-corrected chi connectivity index (χ1v) is 5.68. The van der Waals surface area contributed by atoms with Crippen LogP contribution in [0, 0.1) is 0 Å². The third kappa shape index (κ3) is 2.51. The molecule has 1 atom stereocenters. The van der Waals surface area contributed by atoms with E-state index in [1.807, 2.05) is 18.2 Å². The maximum atomic E-state index is 9.05. The molecule has 1 fully saturated rings. The van der Waals surface area contributed by atoms with Crippen molar-refractivity contribution in [3.05, 3.63) is 23.9 Å². The summed E-state index contributed by atoms with van der Waals surface area (Å²) >= 11 is 0. The summed E-state index contributed by atoms with van der Waals surface area (Å²) in [6.45, 7) is 1.90. The first kappa shape index (κ1) is 11.4. The zero-order chi connectivity index (χ0) is 11.4. The molecule has 0 spiro atoms. The molecule has 0 aromatic carbocycles. The number of aliphatic hydroxyl groups is 1. The summed E-state index contributed by atoms with van der Waals surface area (Å²) in [6.07, 6.45) is 2.55. The molecular weight excluding hydrogens is 204 g/mol. The minimum absolute atomic E-state index is 0.00458. The number of nitrogens with zero attached hydrogens (tertiary/aromatic N) is 2. The van der Waals surface area contributed by atoms with Crippen LogP contribution in [0.1, 0.15) is 18.5 Å². The SMILES string of the molecule is COC1CCCN(c2cccc(CO)n2)C1. The van der Waals surface area contributed by atoms with Gasteiger partial charge in [-0.05, 0) is 25.0 Å². The van der Waals surface area contributed by atoms with Crippen molar-refractivity contribution < 1.29 is 9.84 Å². The van der Waals surface area contributed by atoms with Gasteiger partial charge in [-0.2, -0.15) is 0 Å². The number of anilines is 1. The first-order chi connectivity index (χ1) is 7.83. The van der Waals surface area contributed by atoms with Gasteiger partial charge in [-0.25, -0.2) is 4.98 Å². The molecule has 16 heavy (non-hydrogen) atoms. The van der Waals surface area contributed by atoms with E-state index in [0.717, 1.165) is 37.4 Å². The Labute approximate surface area is 95.9 Å². The Balaban J connectivity index is 2.10. The van der Waals surface area contributed by atoms with Crippen molar-refractivity contribution in [2.75, 3.05) is 25.1 Å². The lowest BCUT2D eigenvalue weighted by molar-refractivity contribution is 0.0891. The Kier molecular flexibility index (Phi) is 3.74. The lowest BCUT2D eigenvalue weighted by Crippen LogP contribution is -2.39. The van der Waals surface area contributed by atoms with Gasteiger partial charge >= 0.3 is 0 Å². The largest absolute Gasteiger partial charge is 0.390 e. The summed E-state index contributed by atoms with van der Waals surface area (Å²) in [4.78, 5) is 6.62. The average molecular weight is 222 g/mol. The number of aliphatic hydroxyl groups excluding tert-OH is 1. The zero-order valence-electron chi connectivity index (χ0n) is 9.59. The van der Waals surface area contributed by atoms with Gasteiger partial charge in [0.2, 0.25) is 0 Å². The number of hydrogen-bond acceptors (Lipinski definition) is 4. The number of aromatic nitrogens is 1. The van der Waals surface area contributed by atoms with Gasteiger partial charge < -0.3 is 14.7 Å². The Morgan fingerprint density at radius 2 is 2.44 bits per heavy atom. The molecule has 1 aliphatic heterocycles.